The summed E-state index contributed by atoms with van der Waals surface area (Å²) >= 11 is 0. The van der Waals surface area contributed by atoms with Crippen molar-refractivity contribution in [2.24, 2.45) is 17.6 Å². The van der Waals surface area contributed by atoms with Crippen molar-refractivity contribution in [1.82, 2.24) is 25.6 Å². The number of carboxylic acids is 1. The molecule has 12 heteroatoms. The van der Waals surface area contributed by atoms with Crippen molar-refractivity contribution in [3.63, 3.8) is 0 Å². The monoisotopic (exact) mass is 686 g/mol. The number of benzene rings is 2. The molecule has 0 radical (unpaired) electrons. The molecule has 2 aliphatic rings. The summed E-state index contributed by atoms with van der Waals surface area (Å²) in [6.45, 7) is 6.57. The number of piperidine rings is 1. The van der Waals surface area contributed by atoms with Gasteiger partial charge in [0, 0.05) is 24.0 Å². The molecule has 1 saturated heterocycles. The number of nitrogens with one attached hydrogen (secondary N) is 2. The number of aliphatic hydroxyl groups is 1. The number of rotatable bonds is 13. The van der Waals surface area contributed by atoms with Crippen LogP contribution in [0.5, 0.6) is 0 Å². The average Bonchev–Trinajstić information content (AvgIpc) is 3.07. The van der Waals surface area contributed by atoms with Crippen molar-refractivity contribution >= 4 is 34.6 Å². The number of hydrazine groups is 1. The van der Waals surface area contributed by atoms with E-state index in [0.717, 1.165) is 41.6 Å². The van der Waals surface area contributed by atoms with E-state index in [1.165, 1.54) is 6.07 Å². The van der Waals surface area contributed by atoms with E-state index in [4.69, 9.17) is 5.73 Å². The first-order chi connectivity index (χ1) is 23.8. The Morgan fingerprint density at radius 3 is 2.34 bits per heavy atom. The van der Waals surface area contributed by atoms with Gasteiger partial charge in [-0.15, -0.1) is 0 Å². The number of fused-ring (bicyclic) bond motifs is 2. The molecule has 1 saturated carbocycles. The summed E-state index contributed by atoms with van der Waals surface area (Å²) in [4.78, 5) is 59.2. The van der Waals surface area contributed by atoms with E-state index in [9.17, 15) is 29.4 Å². The van der Waals surface area contributed by atoms with Gasteiger partial charge in [-0.3, -0.25) is 24.3 Å². The van der Waals surface area contributed by atoms with E-state index in [0.29, 0.717) is 30.3 Å². The first-order valence-corrected chi connectivity index (χ1v) is 17.5. The molecule has 50 heavy (non-hydrogen) atoms. The fourth-order valence-electron chi connectivity index (χ4n) is 7.39. The number of aliphatic hydroxyl groups excluding tert-OH is 1. The number of amides is 3. The Morgan fingerprint density at radius 2 is 1.66 bits per heavy atom. The van der Waals surface area contributed by atoms with E-state index in [1.807, 2.05) is 68.1 Å². The molecular weight excluding hydrogens is 636 g/mol. The lowest BCUT2D eigenvalue weighted by Crippen LogP contribution is -2.63. The number of para-hydroxylation sites is 1. The highest BCUT2D eigenvalue weighted by Gasteiger charge is 2.42. The van der Waals surface area contributed by atoms with Crippen LogP contribution < -0.4 is 16.5 Å². The third-order valence-electron chi connectivity index (χ3n) is 9.82. The Hall–Kier alpha value is -4.39. The molecule has 2 fully saturated rings. The minimum Gasteiger partial charge on any atom is -0.480 e. The van der Waals surface area contributed by atoms with Crippen LogP contribution in [0, 0.1) is 11.8 Å². The van der Waals surface area contributed by atoms with Gasteiger partial charge in [0.25, 0.3) is 5.91 Å². The Kier molecular flexibility index (Phi) is 11.9. The van der Waals surface area contributed by atoms with Gasteiger partial charge in [0.15, 0.2) is 6.04 Å². The van der Waals surface area contributed by atoms with Gasteiger partial charge in [0.05, 0.1) is 30.1 Å². The molecule has 3 amide bonds. The van der Waals surface area contributed by atoms with Gasteiger partial charge in [-0.05, 0) is 69.6 Å². The van der Waals surface area contributed by atoms with Crippen molar-refractivity contribution in [3.05, 3.63) is 78.0 Å². The maximum absolute atomic E-state index is 14.2. The summed E-state index contributed by atoms with van der Waals surface area (Å²) in [6, 6.07) is 16.7. The van der Waals surface area contributed by atoms with Crippen molar-refractivity contribution in [2.45, 2.75) is 95.5 Å². The maximum Gasteiger partial charge on any atom is 0.328 e. The van der Waals surface area contributed by atoms with Gasteiger partial charge in [-0.25, -0.2) is 15.2 Å². The highest BCUT2D eigenvalue weighted by atomic mass is 16.4. The predicted octanol–water partition coefficient (Wildman–Crippen LogP) is 3.28. The van der Waals surface area contributed by atoms with Crippen LogP contribution in [0.25, 0.3) is 10.9 Å². The van der Waals surface area contributed by atoms with E-state index in [1.54, 1.807) is 18.2 Å². The number of hydrogen-bond donors (Lipinski definition) is 5. The lowest BCUT2D eigenvalue weighted by atomic mass is 9.72. The van der Waals surface area contributed by atoms with Crippen LogP contribution in [0.4, 0.5) is 0 Å². The molecule has 1 aliphatic carbocycles. The summed E-state index contributed by atoms with van der Waals surface area (Å²) in [7, 11) is 0. The summed E-state index contributed by atoms with van der Waals surface area (Å²) < 4.78 is 0. The molecule has 0 spiro atoms. The quantitative estimate of drug-likeness (QED) is 0.169. The van der Waals surface area contributed by atoms with E-state index in [2.05, 4.69) is 15.7 Å². The summed E-state index contributed by atoms with van der Waals surface area (Å²) in [5, 5.41) is 27.1. The molecule has 5 rings (SSSR count). The van der Waals surface area contributed by atoms with Crippen molar-refractivity contribution in [2.75, 3.05) is 13.1 Å². The molecule has 2 aromatic carbocycles. The summed E-state index contributed by atoms with van der Waals surface area (Å²) in [5.74, 6) is -2.41. The van der Waals surface area contributed by atoms with Gasteiger partial charge in [-0.1, -0.05) is 73.9 Å². The number of primary amides is 1. The zero-order valence-corrected chi connectivity index (χ0v) is 29.1. The third-order valence-corrected chi connectivity index (χ3v) is 9.82. The number of carbonyl (C=O) groups is 4. The number of likely N-dealkylation sites (tertiary alicyclic amines) is 1. The molecule has 1 aliphatic heterocycles. The number of aliphatic carboxylic acids is 1. The van der Waals surface area contributed by atoms with Gasteiger partial charge in [-0.2, -0.15) is 0 Å². The predicted molar refractivity (Wildman–Crippen MR) is 190 cm³/mol. The van der Waals surface area contributed by atoms with E-state index in [-0.39, 0.29) is 24.6 Å². The molecule has 12 nitrogen and oxygen atoms in total. The van der Waals surface area contributed by atoms with Crippen LogP contribution in [-0.4, -0.2) is 91.7 Å². The highest BCUT2D eigenvalue weighted by Crippen LogP contribution is 2.39. The fourth-order valence-corrected chi connectivity index (χ4v) is 7.39. The number of carbonyl (C=O) groups excluding carboxylic acids is 3. The minimum absolute atomic E-state index is 0.0434. The lowest BCUT2D eigenvalue weighted by Gasteiger charge is -2.47. The lowest BCUT2D eigenvalue weighted by molar-refractivity contribution is -0.146. The van der Waals surface area contributed by atoms with Crippen LogP contribution in [-0.2, 0) is 20.8 Å². The fraction of sp³-hybridized carbons (Fsp3) is 0.500. The number of β-amino-alcohol motifs (C(OH)–C–C–N with tert-alkyl or cyclic N) is 1. The Morgan fingerprint density at radius 1 is 0.980 bits per heavy atom. The zero-order valence-electron chi connectivity index (χ0n) is 29.1. The number of hydrogen-bond acceptors (Lipinski definition) is 8. The summed E-state index contributed by atoms with van der Waals surface area (Å²) in [5.41, 5.74) is 9.41. The molecule has 1 aromatic heterocycles. The normalized spacial score (nSPS) is 21.4. The van der Waals surface area contributed by atoms with Crippen LogP contribution >= 0.6 is 0 Å². The number of aromatic nitrogens is 1. The first-order valence-electron chi connectivity index (χ1n) is 17.5. The van der Waals surface area contributed by atoms with Crippen molar-refractivity contribution < 1.29 is 29.4 Å². The second kappa shape index (κ2) is 16.1. The SMILES string of the molecule is CC(C)(C)NC(=O)[C@@H]1C[C@@H]2CCCC[C@@H]2CN1C[C@@H](O)[C@H](Cc1ccccc1)NN(C(=O)c1ccc2ccccc2n1)[C@@H](CC(N)=O)C(=O)O. The van der Waals surface area contributed by atoms with Gasteiger partial charge in [0.2, 0.25) is 11.8 Å². The largest absolute Gasteiger partial charge is 0.480 e. The molecular formula is C38H50N6O6. The topological polar surface area (TPSA) is 178 Å². The Bertz CT molecular complexity index is 1660. The maximum atomic E-state index is 14.2. The van der Waals surface area contributed by atoms with E-state index >= 15 is 0 Å². The Labute approximate surface area is 293 Å². The average molecular weight is 687 g/mol. The van der Waals surface area contributed by atoms with Crippen LogP contribution in [0.2, 0.25) is 0 Å². The smallest absolute Gasteiger partial charge is 0.328 e. The van der Waals surface area contributed by atoms with Crippen LogP contribution in [0.3, 0.4) is 0 Å². The minimum atomic E-state index is -1.69. The van der Waals surface area contributed by atoms with Crippen LogP contribution in [0.1, 0.15) is 75.3 Å². The molecule has 0 bridgehead atoms. The number of carboxylic acid groups (broad SMARTS) is 1. The van der Waals surface area contributed by atoms with Gasteiger partial charge in [0.1, 0.15) is 5.69 Å². The summed E-state index contributed by atoms with van der Waals surface area (Å²) in [6.07, 6.45) is 3.48. The second-order valence-corrected chi connectivity index (χ2v) is 14.8. The number of nitrogens with two attached hydrogens (primary N) is 1. The molecule has 0 unspecified atom stereocenters. The Balaban J connectivity index is 1.49. The molecule has 268 valence electrons. The second-order valence-electron chi connectivity index (χ2n) is 14.8. The molecule has 2 heterocycles. The van der Waals surface area contributed by atoms with Crippen molar-refractivity contribution in [3.8, 4) is 0 Å². The first kappa shape index (κ1) is 36.9. The number of pyridine rings is 1. The molecule has 6 atom stereocenters. The van der Waals surface area contributed by atoms with Crippen molar-refractivity contribution in [1.29, 1.82) is 0 Å². The molecule has 6 N–H and O–H groups in total. The van der Waals surface area contributed by atoms with Gasteiger partial charge < -0.3 is 21.3 Å². The number of nitrogens with zero attached hydrogens (tertiary/aromatic N) is 3. The standard InChI is InChI=1S/C38H50N6O6/c1-38(2,3)41-35(47)31-20-26-14-7-8-15-27(26)22-43(31)23-33(45)30(19-24-11-5-4-6-12-24)42-44(32(37(49)50)21-34(39)46)36(48)29-18-17-25-13-9-10-16-28(25)40-29/h4-6,9-13,16-18,26-27,30-33,42,45H,7-8,14-15,19-23H2,1-3H3,(H2,39,46)(H,41,47)(H,49,50)/t26-,27+,30-,31-,32-,33+/m0/s1. The van der Waals surface area contributed by atoms with Gasteiger partial charge >= 0.3 is 5.97 Å². The van der Waals surface area contributed by atoms with Crippen LogP contribution in [0.15, 0.2) is 66.7 Å². The highest BCUT2D eigenvalue weighted by molar-refractivity contribution is 5.97. The zero-order chi connectivity index (χ0) is 36.0. The van der Waals surface area contributed by atoms with E-state index < -0.39 is 54.0 Å². The molecule has 3 aromatic rings. The third kappa shape index (κ3) is 9.43.